The molecule has 2 fully saturated rings. The van der Waals surface area contributed by atoms with E-state index in [2.05, 4.69) is 0 Å². The molecule has 2 aliphatic carbocycles. The first-order valence-corrected chi connectivity index (χ1v) is 8.59. The number of ether oxygens (including phenoxy) is 2. The maximum Gasteiger partial charge on any atom is 0.391 e. The Bertz CT molecular complexity index is 595. The Labute approximate surface area is 151 Å². The van der Waals surface area contributed by atoms with E-state index in [-0.39, 0.29) is 44.1 Å². The highest BCUT2D eigenvalue weighted by Gasteiger charge is 2.46. The molecule has 0 amide bonds. The van der Waals surface area contributed by atoms with Crippen molar-refractivity contribution in [2.24, 2.45) is 11.8 Å². The lowest BCUT2D eigenvalue weighted by molar-refractivity contribution is -0.176. The van der Waals surface area contributed by atoms with Crippen LogP contribution < -0.4 is 0 Å². The molecule has 2 aliphatic rings. The molecule has 0 aliphatic heterocycles. The lowest BCUT2D eigenvalue weighted by Crippen LogP contribution is -2.23. The summed E-state index contributed by atoms with van der Waals surface area (Å²) in [7, 11) is 0. The largest absolute Gasteiger partial charge is 0.459 e. The minimum absolute atomic E-state index is 0.0775. The highest BCUT2D eigenvalue weighted by Crippen LogP contribution is 2.41. The predicted molar refractivity (Wildman–Crippen MR) is 80.3 cm³/mol. The van der Waals surface area contributed by atoms with Crippen molar-refractivity contribution < 1.29 is 45.4 Å². The fourth-order valence-corrected chi connectivity index (χ4v) is 3.37. The Hall–Kier alpha value is -1.74. The van der Waals surface area contributed by atoms with Gasteiger partial charge in [-0.25, -0.2) is 9.59 Å². The van der Waals surface area contributed by atoms with Crippen molar-refractivity contribution >= 4 is 11.9 Å². The molecule has 0 heterocycles. The third-order valence-electron chi connectivity index (χ3n) is 4.91. The number of esters is 2. The topological polar surface area (TPSA) is 52.6 Å². The van der Waals surface area contributed by atoms with Gasteiger partial charge >= 0.3 is 24.3 Å². The molecule has 0 spiro atoms. The summed E-state index contributed by atoms with van der Waals surface area (Å²) in [5.41, 5.74) is -0.180. The third-order valence-corrected chi connectivity index (χ3v) is 4.91. The molecule has 154 valence electrons. The number of rotatable bonds is 4. The van der Waals surface area contributed by atoms with Crippen LogP contribution in [0.25, 0.3) is 0 Å². The second kappa shape index (κ2) is 8.10. The van der Waals surface area contributed by atoms with Crippen molar-refractivity contribution in [3.63, 3.8) is 0 Å². The first kappa shape index (κ1) is 21.6. The average molecular weight is 402 g/mol. The van der Waals surface area contributed by atoms with Crippen molar-refractivity contribution in [3.8, 4) is 0 Å². The SMILES string of the molecule is C/C(=C/C(=O)OC1CCC(C(F)(F)F)C1)C(=O)OC1CCC(C(F)(F)F)C1. The quantitative estimate of drug-likeness (QED) is 0.395. The van der Waals surface area contributed by atoms with Crippen molar-refractivity contribution in [1.82, 2.24) is 0 Å². The van der Waals surface area contributed by atoms with Gasteiger partial charge < -0.3 is 9.47 Å². The number of carbonyl (C=O) groups is 2. The minimum atomic E-state index is -4.34. The van der Waals surface area contributed by atoms with E-state index in [1.807, 2.05) is 0 Å². The maximum absolute atomic E-state index is 12.6. The van der Waals surface area contributed by atoms with E-state index in [0.717, 1.165) is 6.08 Å². The van der Waals surface area contributed by atoms with Crippen LogP contribution in [0.15, 0.2) is 11.6 Å². The summed E-state index contributed by atoms with van der Waals surface area (Å²) < 4.78 is 85.5. The maximum atomic E-state index is 12.6. The Morgan fingerprint density at radius 2 is 1.26 bits per heavy atom. The molecule has 27 heavy (non-hydrogen) atoms. The zero-order valence-corrected chi connectivity index (χ0v) is 14.5. The molecule has 2 saturated carbocycles. The summed E-state index contributed by atoms with van der Waals surface area (Å²) in [6.45, 7) is 1.23. The Balaban J connectivity index is 1.81. The molecular formula is C17H20F6O4. The molecule has 0 N–H and O–H groups in total. The molecule has 4 atom stereocenters. The highest BCUT2D eigenvalue weighted by molar-refractivity contribution is 5.96. The third kappa shape index (κ3) is 6.14. The molecule has 0 radical (unpaired) electrons. The molecule has 0 aromatic carbocycles. The van der Waals surface area contributed by atoms with Crippen LogP contribution in [-0.4, -0.2) is 36.5 Å². The van der Waals surface area contributed by atoms with E-state index in [1.54, 1.807) is 0 Å². The van der Waals surface area contributed by atoms with Crippen LogP contribution in [0.4, 0.5) is 26.3 Å². The van der Waals surface area contributed by atoms with E-state index >= 15 is 0 Å². The zero-order chi connectivity index (χ0) is 20.4. The number of carbonyl (C=O) groups excluding carboxylic acids is 2. The van der Waals surface area contributed by atoms with Gasteiger partial charge in [0, 0.05) is 11.6 Å². The Morgan fingerprint density at radius 1 is 0.815 bits per heavy atom. The summed E-state index contributed by atoms with van der Waals surface area (Å²) in [4.78, 5) is 23.6. The Kier molecular flexibility index (Phi) is 6.47. The van der Waals surface area contributed by atoms with Crippen LogP contribution in [0.5, 0.6) is 0 Å². The predicted octanol–water partition coefficient (Wildman–Crippen LogP) is 4.48. The summed E-state index contributed by atoms with van der Waals surface area (Å²) in [5, 5.41) is 0. The van der Waals surface area contributed by atoms with Crippen LogP contribution in [-0.2, 0) is 19.1 Å². The van der Waals surface area contributed by atoms with Gasteiger partial charge in [-0.05, 0) is 45.4 Å². The lowest BCUT2D eigenvalue weighted by atomic mass is 10.1. The second-order valence-corrected chi connectivity index (χ2v) is 7.02. The van der Waals surface area contributed by atoms with E-state index < -0.39 is 48.3 Å². The van der Waals surface area contributed by atoms with E-state index in [9.17, 15) is 35.9 Å². The average Bonchev–Trinajstić information content (AvgIpc) is 3.15. The molecule has 4 unspecified atom stereocenters. The molecule has 0 aromatic rings. The van der Waals surface area contributed by atoms with Gasteiger partial charge in [0.1, 0.15) is 12.2 Å². The van der Waals surface area contributed by atoms with Gasteiger partial charge in [0.25, 0.3) is 0 Å². The van der Waals surface area contributed by atoms with Crippen molar-refractivity contribution in [1.29, 1.82) is 0 Å². The van der Waals surface area contributed by atoms with Crippen LogP contribution in [0, 0.1) is 11.8 Å². The molecular weight excluding hydrogens is 382 g/mol. The van der Waals surface area contributed by atoms with Gasteiger partial charge in [0.2, 0.25) is 0 Å². The summed E-state index contributed by atoms with van der Waals surface area (Å²) in [6, 6.07) is 0. The smallest absolute Gasteiger partial charge is 0.391 e. The van der Waals surface area contributed by atoms with Crippen LogP contribution in [0.1, 0.15) is 45.4 Å². The standard InChI is InChI=1S/C17H20F6O4/c1-9(15(25)27-13-5-3-11(8-13)17(21,22)23)6-14(24)26-12-4-2-10(7-12)16(18,19)20/h6,10-13H,2-5,7-8H2,1H3/b9-6-. The van der Waals surface area contributed by atoms with E-state index in [1.165, 1.54) is 6.92 Å². The minimum Gasteiger partial charge on any atom is -0.459 e. The molecule has 4 nitrogen and oxygen atoms in total. The number of hydrogen-bond donors (Lipinski definition) is 0. The summed E-state index contributed by atoms with van der Waals surface area (Å²) in [5.74, 6) is -4.96. The van der Waals surface area contributed by atoms with Gasteiger partial charge in [-0.3, -0.25) is 0 Å². The zero-order valence-electron chi connectivity index (χ0n) is 14.5. The molecule has 0 saturated heterocycles. The fraction of sp³-hybridized carbons (Fsp3) is 0.765. The van der Waals surface area contributed by atoms with Crippen molar-refractivity contribution in [2.45, 2.75) is 70.0 Å². The monoisotopic (exact) mass is 402 g/mol. The number of alkyl halides is 6. The van der Waals surface area contributed by atoms with Gasteiger partial charge in [0.15, 0.2) is 0 Å². The first-order valence-electron chi connectivity index (χ1n) is 8.59. The fourth-order valence-electron chi connectivity index (χ4n) is 3.37. The van der Waals surface area contributed by atoms with Crippen LogP contribution >= 0.6 is 0 Å². The highest BCUT2D eigenvalue weighted by atomic mass is 19.4. The van der Waals surface area contributed by atoms with Crippen molar-refractivity contribution in [2.75, 3.05) is 0 Å². The first-order chi connectivity index (χ1) is 12.4. The van der Waals surface area contributed by atoms with Crippen LogP contribution in [0.2, 0.25) is 0 Å². The Morgan fingerprint density at radius 3 is 1.67 bits per heavy atom. The number of halogens is 6. The van der Waals surface area contributed by atoms with Gasteiger partial charge in [-0.1, -0.05) is 0 Å². The van der Waals surface area contributed by atoms with Gasteiger partial charge in [0.05, 0.1) is 11.8 Å². The van der Waals surface area contributed by atoms with Gasteiger partial charge in [-0.15, -0.1) is 0 Å². The summed E-state index contributed by atoms with van der Waals surface area (Å²) in [6.07, 6.45) is -10.4. The van der Waals surface area contributed by atoms with Gasteiger partial charge in [-0.2, -0.15) is 26.3 Å². The van der Waals surface area contributed by atoms with Crippen LogP contribution in [0.3, 0.4) is 0 Å². The molecule has 10 heteroatoms. The van der Waals surface area contributed by atoms with E-state index in [0.29, 0.717) is 0 Å². The molecule has 0 bridgehead atoms. The number of hydrogen-bond acceptors (Lipinski definition) is 4. The van der Waals surface area contributed by atoms with E-state index in [4.69, 9.17) is 9.47 Å². The normalized spacial score (nSPS) is 29.7. The lowest BCUT2D eigenvalue weighted by Gasteiger charge is -2.16. The van der Waals surface area contributed by atoms with Crippen molar-refractivity contribution in [3.05, 3.63) is 11.6 Å². The second-order valence-electron chi connectivity index (χ2n) is 7.02. The molecule has 2 rings (SSSR count). The summed E-state index contributed by atoms with van der Waals surface area (Å²) >= 11 is 0. The molecule has 0 aromatic heterocycles.